The maximum Gasteiger partial charge on any atom is 0.337 e. The number of pyridine rings is 1. The fourth-order valence-corrected chi connectivity index (χ4v) is 7.85. The first-order valence-corrected chi connectivity index (χ1v) is 14.5. The quantitative estimate of drug-likeness (QED) is 0.235. The van der Waals surface area contributed by atoms with Crippen molar-refractivity contribution < 1.29 is 28.9 Å². The van der Waals surface area contributed by atoms with Crippen molar-refractivity contribution in [2.75, 3.05) is 13.2 Å². The van der Waals surface area contributed by atoms with Gasteiger partial charge >= 0.3 is 11.9 Å². The third kappa shape index (κ3) is 5.01. The number of carbonyl (C=O) groups is 2. The SMILES string of the molecule is C=C1CC[C@@H]2[C@](C)(COC(C)=O)[C@H](O)CC[C@@]2(C)[C@@H]1C/C=C1/C(=O)OC[C@@H]1Oc1c(Cl)cc(Cl)c2cccnc12. The van der Waals surface area contributed by atoms with E-state index < -0.39 is 23.6 Å². The molecule has 0 unspecified atom stereocenters. The normalized spacial score (nSPS) is 33.1. The number of fused-ring (bicyclic) bond motifs is 2. The molecule has 5 rings (SSSR count). The minimum absolute atomic E-state index is 0.0656. The van der Waals surface area contributed by atoms with Crippen LogP contribution in [0.2, 0.25) is 10.0 Å². The Kier molecular flexibility index (Phi) is 7.94. The van der Waals surface area contributed by atoms with Crippen LogP contribution in [0.3, 0.4) is 0 Å². The molecular weight excluding hydrogens is 553 g/mol. The van der Waals surface area contributed by atoms with Crippen molar-refractivity contribution in [2.24, 2.45) is 22.7 Å². The highest BCUT2D eigenvalue weighted by atomic mass is 35.5. The first-order valence-electron chi connectivity index (χ1n) is 13.7. The van der Waals surface area contributed by atoms with Crippen LogP contribution in [-0.2, 0) is 19.1 Å². The summed E-state index contributed by atoms with van der Waals surface area (Å²) < 4.78 is 17.1. The molecule has 0 spiro atoms. The van der Waals surface area contributed by atoms with Gasteiger partial charge in [-0.3, -0.25) is 9.78 Å². The molecule has 2 saturated carbocycles. The van der Waals surface area contributed by atoms with Crippen molar-refractivity contribution in [3.63, 3.8) is 0 Å². The minimum atomic E-state index is -0.653. The van der Waals surface area contributed by atoms with Gasteiger partial charge in [0.2, 0.25) is 0 Å². The van der Waals surface area contributed by atoms with Gasteiger partial charge in [0.05, 0.1) is 28.3 Å². The number of cyclic esters (lactones) is 1. The number of benzene rings is 1. The lowest BCUT2D eigenvalue weighted by Crippen LogP contribution is -2.57. The standard InChI is InChI=1S/C31H35Cl2NO6/c1-17-7-10-25-30(3,12-11-26(36)31(25,4)16-39-18(2)35)21(17)9-8-20-24(15-38-29(20)37)40-28-23(33)14-22(32)19-6-5-13-34-27(19)28/h5-6,8,13-14,21,24-26,36H,1,7,9-12,15-16H2,2-4H3/b20-8+/t21-,24+,25+,26-,30+,31+/m1/s1. The first kappa shape index (κ1) is 28.9. The second-order valence-corrected chi connectivity index (χ2v) is 12.6. The summed E-state index contributed by atoms with van der Waals surface area (Å²) in [5.74, 6) is -0.234. The van der Waals surface area contributed by atoms with E-state index in [2.05, 4.69) is 18.5 Å². The Bertz CT molecular complexity index is 1390. The zero-order valence-electron chi connectivity index (χ0n) is 23.0. The lowest BCUT2D eigenvalue weighted by molar-refractivity contribution is -0.172. The number of hydrogen-bond acceptors (Lipinski definition) is 7. The van der Waals surface area contributed by atoms with Gasteiger partial charge in [0, 0.05) is 23.9 Å². The Morgan fingerprint density at radius 3 is 2.83 bits per heavy atom. The Hall–Kier alpha value is -2.61. The zero-order chi connectivity index (χ0) is 28.8. The average molecular weight is 589 g/mol. The van der Waals surface area contributed by atoms with Gasteiger partial charge in [0.25, 0.3) is 0 Å². The van der Waals surface area contributed by atoms with E-state index in [0.29, 0.717) is 45.1 Å². The van der Waals surface area contributed by atoms with E-state index in [4.69, 9.17) is 37.4 Å². The maximum atomic E-state index is 12.8. The second kappa shape index (κ2) is 11.0. The molecule has 40 heavy (non-hydrogen) atoms. The van der Waals surface area contributed by atoms with Crippen LogP contribution in [-0.4, -0.2) is 47.5 Å². The molecule has 1 aliphatic heterocycles. The summed E-state index contributed by atoms with van der Waals surface area (Å²) in [6.45, 7) is 10.3. The largest absolute Gasteiger partial charge is 0.478 e. The van der Waals surface area contributed by atoms with Crippen molar-refractivity contribution >= 4 is 46.0 Å². The van der Waals surface area contributed by atoms with E-state index in [-0.39, 0.29) is 36.4 Å². The highest BCUT2D eigenvalue weighted by molar-refractivity contribution is 6.39. The Morgan fingerprint density at radius 1 is 1.30 bits per heavy atom. The van der Waals surface area contributed by atoms with Crippen molar-refractivity contribution in [1.29, 1.82) is 0 Å². The van der Waals surface area contributed by atoms with Crippen LogP contribution in [0.25, 0.3) is 10.9 Å². The molecule has 2 aromatic rings. The van der Waals surface area contributed by atoms with Gasteiger partial charge in [-0.15, -0.1) is 0 Å². The number of allylic oxidation sites excluding steroid dienone is 2. The van der Waals surface area contributed by atoms with E-state index in [0.717, 1.165) is 24.8 Å². The average Bonchev–Trinajstić information content (AvgIpc) is 3.26. The molecule has 6 atom stereocenters. The van der Waals surface area contributed by atoms with Crippen LogP contribution in [0.5, 0.6) is 5.75 Å². The van der Waals surface area contributed by atoms with Gasteiger partial charge in [-0.2, -0.15) is 0 Å². The van der Waals surface area contributed by atoms with E-state index >= 15 is 0 Å². The summed E-state index contributed by atoms with van der Waals surface area (Å²) in [6.07, 6.45) is 5.98. The van der Waals surface area contributed by atoms with Crippen molar-refractivity contribution in [3.05, 3.63) is 58.2 Å². The highest BCUT2D eigenvalue weighted by Crippen LogP contribution is 2.62. The van der Waals surface area contributed by atoms with Gasteiger partial charge in [0.1, 0.15) is 12.1 Å². The molecule has 3 aliphatic rings. The number of esters is 2. The number of aliphatic hydroxyl groups is 1. The van der Waals surface area contributed by atoms with Crippen LogP contribution in [0, 0.1) is 22.7 Å². The van der Waals surface area contributed by atoms with Gasteiger partial charge in [-0.25, -0.2) is 4.79 Å². The fourth-order valence-electron chi connectivity index (χ4n) is 7.29. The lowest BCUT2D eigenvalue weighted by atomic mass is 9.46. The summed E-state index contributed by atoms with van der Waals surface area (Å²) in [5, 5.41) is 12.5. The molecule has 0 radical (unpaired) electrons. The highest BCUT2D eigenvalue weighted by Gasteiger charge is 2.58. The molecule has 1 aromatic carbocycles. The number of nitrogens with zero attached hydrogens (tertiary/aromatic N) is 1. The molecule has 0 amide bonds. The molecule has 214 valence electrons. The summed E-state index contributed by atoms with van der Waals surface area (Å²) in [4.78, 5) is 28.9. The van der Waals surface area contributed by atoms with Gasteiger partial charge in [0.15, 0.2) is 11.9 Å². The van der Waals surface area contributed by atoms with E-state index in [1.165, 1.54) is 6.92 Å². The molecule has 1 N–H and O–H groups in total. The number of rotatable bonds is 6. The number of carbonyl (C=O) groups excluding carboxylic acids is 2. The Labute approximate surface area is 244 Å². The van der Waals surface area contributed by atoms with Crippen LogP contribution in [0.4, 0.5) is 0 Å². The molecule has 1 aromatic heterocycles. The molecule has 0 bridgehead atoms. The smallest absolute Gasteiger partial charge is 0.337 e. The van der Waals surface area contributed by atoms with Gasteiger partial charge in [-0.1, -0.05) is 55.3 Å². The second-order valence-electron chi connectivity index (χ2n) is 11.8. The predicted molar refractivity (Wildman–Crippen MR) is 153 cm³/mol. The third-order valence-corrected chi connectivity index (χ3v) is 10.1. The molecule has 3 fully saturated rings. The van der Waals surface area contributed by atoms with Crippen molar-refractivity contribution in [3.8, 4) is 5.75 Å². The van der Waals surface area contributed by atoms with E-state index in [1.807, 2.05) is 19.1 Å². The summed E-state index contributed by atoms with van der Waals surface area (Å²) in [5.41, 5.74) is 1.32. The molecule has 2 aliphatic carbocycles. The third-order valence-electron chi connectivity index (χ3n) is 9.47. The summed E-state index contributed by atoms with van der Waals surface area (Å²) in [7, 11) is 0. The van der Waals surface area contributed by atoms with Gasteiger partial charge < -0.3 is 19.3 Å². The Morgan fingerprint density at radius 2 is 2.08 bits per heavy atom. The molecule has 9 heteroatoms. The van der Waals surface area contributed by atoms with Crippen LogP contribution in [0.15, 0.2) is 48.2 Å². The number of aromatic nitrogens is 1. The predicted octanol–water partition coefficient (Wildman–Crippen LogP) is 6.48. The lowest BCUT2D eigenvalue weighted by Gasteiger charge is -2.60. The zero-order valence-corrected chi connectivity index (χ0v) is 24.6. The monoisotopic (exact) mass is 587 g/mol. The van der Waals surface area contributed by atoms with Crippen molar-refractivity contribution in [2.45, 2.75) is 65.1 Å². The topological polar surface area (TPSA) is 95.0 Å². The maximum absolute atomic E-state index is 12.8. The summed E-state index contributed by atoms with van der Waals surface area (Å²) in [6, 6.07) is 5.23. The first-order chi connectivity index (χ1) is 19.0. The fraction of sp³-hybridized carbons (Fsp3) is 0.516. The summed E-state index contributed by atoms with van der Waals surface area (Å²) >= 11 is 12.9. The van der Waals surface area contributed by atoms with Crippen molar-refractivity contribution in [1.82, 2.24) is 4.98 Å². The van der Waals surface area contributed by atoms with Crippen LogP contribution in [0.1, 0.15) is 52.9 Å². The van der Waals surface area contributed by atoms with Gasteiger partial charge in [-0.05, 0) is 67.6 Å². The number of hydrogen-bond donors (Lipinski definition) is 1. The molecular formula is C31H35Cl2NO6. The Balaban J connectivity index is 1.42. The van der Waals surface area contributed by atoms with Crippen LogP contribution >= 0.6 is 23.2 Å². The number of ether oxygens (including phenoxy) is 3. The molecule has 1 saturated heterocycles. The number of halogens is 2. The number of aliphatic hydroxyl groups excluding tert-OH is 1. The molecule has 2 heterocycles. The molecule has 7 nitrogen and oxygen atoms in total. The van der Waals surface area contributed by atoms with E-state index in [9.17, 15) is 14.7 Å². The van der Waals surface area contributed by atoms with Crippen LogP contribution < -0.4 is 4.74 Å². The minimum Gasteiger partial charge on any atom is -0.478 e. The van der Waals surface area contributed by atoms with E-state index in [1.54, 1.807) is 18.3 Å².